The van der Waals surface area contributed by atoms with Gasteiger partial charge in [0.15, 0.2) is 17.4 Å². The molecule has 12 nitrogen and oxygen atoms in total. The van der Waals surface area contributed by atoms with Gasteiger partial charge >= 0.3 is 11.9 Å². The van der Waals surface area contributed by atoms with Crippen molar-refractivity contribution in [3.05, 3.63) is 117 Å². The van der Waals surface area contributed by atoms with Gasteiger partial charge in [0.25, 0.3) is 5.56 Å². The van der Waals surface area contributed by atoms with Crippen molar-refractivity contribution < 1.29 is 39.2 Å². The number of carboxylic acids is 2. The quantitative estimate of drug-likeness (QED) is 0.0858. The first-order valence-corrected chi connectivity index (χ1v) is 18.3. The van der Waals surface area contributed by atoms with Gasteiger partial charge in [-0.2, -0.15) is 4.98 Å². The van der Waals surface area contributed by atoms with Gasteiger partial charge in [0.05, 0.1) is 0 Å². The Bertz CT molecular complexity index is 1840. The van der Waals surface area contributed by atoms with Crippen molar-refractivity contribution in [3.63, 3.8) is 0 Å². The Hall–Kier alpha value is -4.60. The van der Waals surface area contributed by atoms with E-state index >= 15 is 0 Å². The summed E-state index contributed by atoms with van der Waals surface area (Å²) >= 11 is 7.42. The molecule has 0 radical (unpaired) electrons. The molecule has 0 aliphatic carbocycles. The highest BCUT2D eigenvalue weighted by molar-refractivity contribution is 7.98. The van der Waals surface area contributed by atoms with Gasteiger partial charge in [-0.05, 0) is 66.0 Å². The molecule has 1 amide bonds. The van der Waals surface area contributed by atoms with Crippen molar-refractivity contribution in [1.82, 2.24) is 19.4 Å². The lowest BCUT2D eigenvalue weighted by Gasteiger charge is -2.27. The lowest BCUT2D eigenvalue weighted by molar-refractivity contribution is -0.165. The minimum Gasteiger partial charge on any atom is -0.479 e. The summed E-state index contributed by atoms with van der Waals surface area (Å²) in [5.41, 5.74) is 4.37. The molecule has 53 heavy (non-hydrogen) atoms. The van der Waals surface area contributed by atoms with Crippen molar-refractivity contribution >= 4 is 41.2 Å². The van der Waals surface area contributed by atoms with Crippen molar-refractivity contribution in [2.75, 3.05) is 26.2 Å². The first-order chi connectivity index (χ1) is 25.3. The van der Waals surface area contributed by atoms with Crippen molar-refractivity contribution in [3.8, 4) is 11.1 Å². The predicted molar refractivity (Wildman–Crippen MR) is 201 cm³/mol. The van der Waals surface area contributed by atoms with Gasteiger partial charge in [-0.1, -0.05) is 92.7 Å². The second-order valence-corrected chi connectivity index (χ2v) is 13.2. The summed E-state index contributed by atoms with van der Waals surface area (Å²) in [6.45, 7) is 9.81. The number of halogens is 2. The number of aliphatic hydroxyl groups is 2. The maximum atomic E-state index is 13.9. The highest BCUT2D eigenvalue weighted by atomic mass is 35.5. The lowest BCUT2D eigenvalue weighted by Crippen LogP contribution is -2.40. The number of carbonyl (C=O) groups is 3. The number of aryl methyl sites for hydroxylation is 1. The third-order valence-corrected chi connectivity index (χ3v) is 9.55. The van der Waals surface area contributed by atoms with E-state index in [0.29, 0.717) is 41.0 Å². The van der Waals surface area contributed by atoms with E-state index in [1.54, 1.807) is 22.9 Å². The normalized spacial score (nSPS) is 12.1. The van der Waals surface area contributed by atoms with E-state index in [-0.39, 0.29) is 23.8 Å². The molecule has 3 aromatic carbocycles. The van der Waals surface area contributed by atoms with Crippen LogP contribution in [-0.2, 0) is 39.6 Å². The standard InChI is InChI=1S/C34H38ClFN4O2S.C4H6O6/c1-4-27-22-40(34(37-33(27)42)43-24-26-9-17-31(36)18-10-26)23-32(41)39(20-19-38(5-2)6-3)21-25-7-11-28(12-8-25)29-13-15-30(35)16-14-29;5-1(3(7)8)2(6)4(9)10/h7-18,22H,4-6,19-21,23-24H2,1-3H3;1-2,5-6H,(H,7,8)(H,9,10). The minimum atomic E-state index is -2.27. The fourth-order valence-corrected chi connectivity index (χ4v) is 6.04. The second kappa shape index (κ2) is 21.2. The Balaban J connectivity index is 0.000000661. The Kier molecular flexibility index (Phi) is 17.1. The van der Waals surface area contributed by atoms with E-state index in [0.717, 1.165) is 41.9 Å². The average Bonchev–Trinajstić information content (AvgIpc) is 3.15. The van der Waals surface area contributed by atoms with Crippen LogP contribution in [0.4, 0.5) is 4.39 Å². The monoisotopic (exact) mass is 770 g/mol. The van der Waals surface area contributed by atoms with Crippen LogP contribution in [0.25, 0.3) is 11.1 Å². The molecule has 284 valence electrons. The lowest BCUT2D eigenvalue weighted by atomic mass is 10.0. The third kappa shape index (κ3) is 13.4. The van der Waals surface area contributed by atoms with Crippen LogP contribution in [0, 0.1) is 5.82 Å². The molecule has 4 N–H and O–H groups in total. The summed E-state index contributed by atoms with van der Waals surface area (Å²) < 4.78 is 15.2. The number of amides is 1. The van der Waals surface area contributed by atoms with Gasteiger partial charge in [0.1, 0.15) is 12.4 Å². The molecular formula is C38H44ClFN4O8S. The molecule has 0 aliphatic rings. The number of rotatable bonds is 17. The first kappa shape index (κ1) is 42.8. The van der Waals surface area contributed by atoms with Gasteiger partial charge in [-0.15, -0.1) is 0 Å². The molecule has 0 saturated carbocycles. The number of carboxylic acid groups (broad SMARTS) is 2. The second-order valence-electron chi connectivity index (χ2n) is 11.9. The maximum Gasteiger partial charge on any atom is 0.335 e. The molecular weight excluding hydrogens is 727 g/mol. The van der Waals surface area contributed by atoms with Crippen LogP contribution in [0.3, 0.4) is 0 Å². The van der Waals surface area contributed by atoms with Gasteiger partial charge in [0.2, 0.25) is 5.91 Å². The van der Waals surface area contributed by atoms with E-state index in [9.17, 15) is 23.6 Å². The zero-order valence-corrected chi connectivity index (χ0v) is 31.3. The van der Waals surface area contributed by atoms with Crippen molar-refractivity contribution in [1.29, 1.82) is 0 Å². The zero-order valence-electron chi connectivity index (χ0n) is 29.7. The SMILES string of the molecule is CCc1cn(CC(=O)N(CCN(CC)CC)Cc2ccc(-c3ccc(Cl)cc3)cc2)c(SCc2ccc(F)cc2)nc1=O.O=C(O)C(O)C(O)C(=O)O. The topological polar surface area (TPSA) is 174 Å². The maximum absolute atomic E-state index is 13.9. The van der Waals surface area contributed by atoms with E-state index in [1.807, 2.05) is 36.1 Å². The number of hydrogen-bond donors (Lipinski definition) is 4. The summed E-state index contributed by atoms with van der Waals surface area (Å²) in [6.07, 6.45) is -2.26. The molecule has 0 spiro atoms. The molecule has 1 heterocycles. The van der Waals surface area contributed by atoms with Gasteiger partial charge in [-0.3, -0.25) is 9.59 Å². The fourth-order valence-electron chi connectivity index (χ4n) is 5.00. The summed E-state index contributed by atoms with van der Waals surface area (Å²) in [7, 11) is 0. The molecule has 1 aromatic heterocycles. The number of hydrogen-bond acceptors (Lipinski definition) is 9. The fraction of sp³-hybridized carbons (Fsp3) is 0.342. The molecule has 0 aliphatic heterocycles. The Labute approximate surface area is 316 Å². The summed E-state index contributed by atoms with van der Waals surface area (Å²) in [6, 6.07) is 22.2. The molecule has 2 unspecified atom stereocenters. The highest BCUT2D eigenvalue weighted by Gasteiger charge is 2.29. The van der Waals surface area contributed by atoms with Gasteiger partial charge < -0.3 is 34.8 Å². The number of nitrogens with zero attached hydrogens (tertiary/aromatic N) is 4. The van der Waals surface area contributed by atoms with Crippen molar-refractivity contribution in [2.24, 2.45) is 0 Å². The molecule has 4 rings (SSSR count). The predicted octanol–water partition coefficient (Wildman–Crippen LogP) is 4.81. The number of benzene rings is 3. The molecule has 0 fully saturated rings. The van der Waals surface area contributed by atoms with Crippen LogP contribution in [0.15, 0.2) is 88.9 Å². The minimum absolute atomic E-state index is 0.0509. The van der Waals surface area contributed by atoms with Crippen LogP contribution < -0.4 is 5.56 Å². The third-order valence-electron chi connectivity index (χ3n) is 8.24. The van der Waals surface area contributed by atoms with Crippen LogP contribution in [-0.4, -0.2) is 96.0 Å². The zero-order chi connectivity index (χ0) is 39.1. The number of aromatic nitrogens is 2. The smallest absolute Gasteiger partial charge is 0.335 e. The first-order valence-electron chi connectivity index (χ1n) is 16.9. The van der Waals surface area contributed by atoms with Crippen LogP contribution in [0.5, 0.6) is 0 Å². The molecule has 0 bridgehead atoms. The number of carbonyl (C=O) groups excluding carboxylic acids is 1. The molecule has 0 saturated heterocycles. The van der Waals surface area contributed by atoms with E-state index < -0.39 is 24.1 Å². The summed E-state index contributed by atoms with van der Waals surface area (Å²) in [4.78, 5) is 54.6. The average molecular weight is 771 g/mol. The van der Waals surface area contributed by atoms with Crippen LogP contribution in [0.1, 0.15) is 37.5 Å². The number of aliphatic carboxylic acids is 2. The summed E-state index contributed by atoms with van der Waals surface area (Å²) in [5.74, 6) is -3.39. The molecule has 15 heteroatoms. The van der Waals surface area contributed by atoms with Gasteiger partial charge in [0, 0.05) is 42.2 Å². The highest BCUT2D eigenvalue weighted by Crippen LogP contribution is 2.24. The number of aliphatic hydroxyl groups excluding tert-OH is 2. The number of thioether (sulfide) groups is 1. The molecule has 4 aromatic rings. The van der Waals surface area contributed by atoms with Crippen LogP contribution in [0.2, 0.25) is 5.02 Å². The Morgan fingerprint density at radius 2 is 1.36 bits per heavy atom. The van der Waals surface area contributed by atoms with E-state index in [2.05, 4.69) is 48.0 Å². The largest absolute Gasteiger partial charge is 0.479 e. The van der Waals surface area contributed by atoms with E-state index in [1.165, 1.54) is 23.9 Å². The Morgan fingerprint density at radius 1 is 0.830 bits per heavy atom. The summed E-state index contributed by atoms with van der Waals surface area (Å²) in [5, 5.41) is 33.7. The van der Waals surface area contributed by atoms with Crippen LogP contribution >= 0.6 is 23.4 Å². The van der Waals surface area contributed by atoms with E-state index in [4.69, 9.17) is 32.0 Å². The van der Waals surface area contributed by atoms with Crippen molar-refractivity contribution in [2.45, 2.75) is 63.4 Å². The van der Waals surface area contributed by atoms with Gasteiger partial charge in [-0.25, -0.2) is 14.0 Å². The number of likely N-dealkylation sites (N-methyl/N-ethyl adjacent to an activating group) is 1. The molecule has 2 atom stereocenters. The Morgan fingerprint density at radius 3 is 1.87 bits per heavy atom.